The van der Waals surface area contributed by atoms with Crippen molar-refractivity contribution in [1.82, 2.24) is 5.32 Å². The number of nitrogens with one attached hydrogen (secondary N) is 1. The van der Waals surface area contributed by atoms with Gasteiger partial charge >= 0.3 is 0 Å². The van der Waals surface area contributed by atoms with Crippen LogP contribution in [0.25, 0.3) is 0 Å². The summed E-state index contributed by atoms with van der Waals surface area (Å²) in [6, 6.07) is 3.71. The molecule has 3 N–H and O–H groups in total. The highest BCUT2D eigenvalue weighted by Gasteiger charge is 2.13. The molecule has 0 bridgehead atoms. The van der Waals surface area contributed by atoms with Gasteiger partial charge in [-0.1, -0.05) is 6.92 Å². The molecule has 1 rings (SSSR count). The SMILES string of the molecule is COc1cc(OC)c(CNCC(C)CN)c(OC)c1. The molecule has 0 saturated heterocycles. The van der Waals surface area contributed by atoms with Gasteiger partial charge in [0.2, 0.25) is 0 Å². The molecule has 1 atom stereocenters. The molecule has 0 amide bonds. The molecule has 0 aliphatic carbocycles. The van der Waals surface area contributed by atoms with E-state index in [-0.39, 0.29) is 0 Å². The number of ether oxygens (including phenoxy) is 3. The van der Waals surface area contributed by atoms with E-state index in [4.69, 9.17) is 19.9 Å². The molecule has 5 heteroatoms. The van der Waals surface area contributed by atoms with Crippen molar-refractivity contribution in [3.8, 4) is 17.2 Å². The quantitative estimate of drug-likeness (QED) is 0.746. The third-order valence-corrected chi connectivity index (χ3v) is 3.01. The molecule has 1 aromatic carbocycles. The number of methoxy groups -OCH3 is 3. The van der Waals surface area contributed by atoms with Gasteiger partial charge in [-0.25, -0.2) is 0 Å². The van der Waals surface area contributed by atoms with Gasteiger partial charge in [-0.2, -0.15) is 0 Å². The summed E-state index contributed by atoms with van der Waals surface area (Å²) in [4.78, 5) is 0. The number of benzene rings is 1. The van der Waals surface area contributed by atoms with Crippen molar-refractivity contribution in [3.05, 3.63) is 17.7 Å². The maximum Gasteiger partial charge on any atom is 0.130 e. The molecule has 0 aromatic heterocycles. The molecule has 5 nitrogen and oxygen atoms in total. The van der Waals surface area contributed by atoms with E-state index in [1.165, 1.54) is 0 Å². The topological polar surface area (TPSA) is 65.7 Å². The van der Waals surface area contributed by atoms with Crippen LogP contribution in [0.2, 0.25) is 0 Å². The van der Waals surface area contributed by atoms with Crippen molar-refractivity contribution in [3.63, 3.8) is 0 Å². The van der Waals surface area contributed by atoms with E-state index in [1.54, 1.807) is 21.3 Å². The molecule has 0 radical (unpaired) electrons. The average molecular weight is 268 g/mol. The van der Waals surface area contributed by atoms with Crippen LogP contribution in [0.3, 0.4) is 0 Å². The van der Waals surface area contributed by atoms with Crippen LogP contribution < -0.4 is 25.3 Å². The molecule has 0 heterocycles. The first-order valence-electron chi connectivity index (χ1n) is 6.35. The predicted molar refractivity (Wildman–Crippen MR) is 76.0 cm³/mol. The Morgan fingerprint density at radius 2 is 1.68 bits per heavy atom. The molecular weight excluding hydrogens is 244 g/mol. The van der Waals surface area contributed by atoms with Crippen LogP contribution in [-0.2, 0) is 6.54 Å². The van der Waals surface area contributed by atoms with Gasteiger partial charge < -0.3 is 25.3 Å². The lowest BCUT2D eigenvalue weighted by atomic mass is 10.1. The van der Waals surface area contributed by atoms with Crippen molar-refractivity contribution in [2.45, 2.75) is 13.5 Å². The Morgan fingerprint density at radius 1 is 1.11 bits per heavy atom. The summed E-state index contributed by atoms with van der Waals surface area (Å²) in [6.07, 6.45) is 0. The third kappa shape index (κ3) is 4.29. The monoisotopic (exact) mass is 268 g/mol. The Bertz CT molecular complexity index is 371. The van der Waals surface area contributed by atoms with E-state index in [9.17, 15) is 0 Å². The summed E-state index contributed by atoms with van der Waals surface area (Å²) in [5.74, 6) is 2.66. The van der Waals surface area contributed by atoms with E-state index in [2.05, 4.69) is 12.2 Å². The first kappa shape index (κ1) is 15.6. The minimum absolute atomic E-state index is 0.440. The van der Waals surface area contributed by atoms with E-state index in [0.717, 1.165) is 23.6 Å². The molecule has 108 valence electrons. The minimum atomic E-state index is 0.440. The largest absolute Gasteiger partial charge is 0.496 e. The standard InChI is InChI=1S/C14H24N2O3/c1-10(7-15)8-16-9-12-13(18-3)5-11(17-2)6-14(12)19-4/h5-6,10,16H,7-9,15H2,1-4H3. The Balaban J connectivity index is 2.85. The van der Waals surface area contributed by atoms with Crippen molar-refractivity contribution in [2.24, 2.45) is 11.7 Å². The van der Waals surface area contributed by atoms with Gasteiger partial charge in [0.15, 0.2) is 0 Å². The lowest BCUT2D eigenvalue weighted by Gasteiger charge is -2.16. The fraction of sp³-hybridized carbons (Fsp3) is 0.571. The fourth-order valence-electron chi connectivity index (χ4n) is 1.78. The summed E-state index contributed by atoms with van der Waals surface area (Å²) in [6.45, 7) is 4.30. The third-order valence-electron chi connectivity index (χ3n) is 3.01. The van der Waals surface area contributed by atoms with Gasteiger partial charge in [0, 0.05) is 18.7 Å². The van der Waals surface area contributed by atoms with Gasteiger partial charge in [0.1, 0.15) is 17.2 Å². The van der Waals surface area contributed by atoms with Gasteiger partial charge in [-0.05, 0) is 19.0 Å². The van der Waals surface area contributed by atoms with Crippen LogP contribution in [0.4, 0.5) is 0 Å². The first-order chi connectivity index (χ1) is 9.15. The minimum Gasteiger partial charge on any atom is -0.496 e. The number of nitrogens with two attached hydrogens (primary N) is 1. The molecule has 0 aliphatic heterocycles. The maximum atomic E-state index is 5.60. The van der Waals surface area contributed by atoms with E-state index in [0.29, 0.717) is 24.8 Å². The summed E-state index contributed by atoms with van der Waals surface area (Å²) in [5.41, 5.74) is 6.58. The van der Waals surface area contributed by atoms with Crippen molar-refractivity contribution in [1.29, 1.82) is 0 Å². The van der Waals surface area contributed by atoms with Crippen LogP contribution in [0.15, 0.2) is 12.1 Å². The van der Waals surface area contributed by atoms with Crippen molar-refractivity contribution < 1.29 is 14.2 Å². The number of rotatable bonds is 8. The lowest BCUT2D eigenvalue weighted by molar-refractivity contribution is 0.365. The van der Waals surface area contributed by atoms with Gasteiger partial charge in [0.05, 0.1) is 26.9 Å². The van der Waals surface area contributed by atoms with Gasteiger partial charge in [-0.3, -0.25) is 0 Å². The highest BCUT2D eigenvalue weighted by molar-refractivity contribution is 5.50. The second-order valence-corrected chi connectivity index (χ2v) is 4.48. The van der Waals surface area contributed by atoms with Crippen LogP contribution in [0, 0.1) is 5.92 Å². The second kappa shape index (κ2) is 7.86. The van der Waals surface area contributed by atoms with Gasteiger partial charge in [-0.15, -0.1) is 0 Å². The van der Waals surface area contributed by atoms with Crippen LogP contribution >= 0.6 is 0 Å². The van der Waals surface area contributed by atoms with Crippen molar-refractivity contribution in [2.75, 3.05) is 34.4 Å². The van der Waals surface area contributed by atoms with E-state index in [1.807, 2.05) is 12.1 Å². The lowest BCUT2D eigenvalue weighted by Crippen LogP contribution is -2.26. The fourth-order valence-corrected chi connectivity index (χ4v) is 1.78. The van der Waals surface area contributed by atoms with E-state index >= 15 is 0 Å². The Kier molecular flexibility index (Phi) is 6.45. The molecular formula is C14H24N2O3. The molecule has 19 heavy (non-hydrogen) atoms. The molecule has 0 saturated carbocycles. The Hall–Kier alpha value is -1.46. The van der Waals surface area contributed by atoms with Crippen LogP contribution in [-0.4, -0.2) is 34.4 Å². The van der Waals surface area contributed by atoms with E-state index < -0.39 is 0 Å². The smallest absolute Gasteiger partial charge is 0.130 e. The summed E-state index contributed by atoms with van der Waals surface area (Å²) in [7, 11) is 4.90. The normalized spacial score (nSPS) is 12.1. The summed E-state index contributed by atoms with van der Waals surface area (Å²) < 4.78 is 16.0. The highest BCUT2D eigenvalue weighted by atomic mass is 16.5. The Labute approximate surface area is 115 Å². The van der Waals surface area contributed by atoms with Crippen LogP contribution in [0.1, 0.15) is 12.5 Å². The maximum absolute atomic E-state index is 5.60. The van der Waals surface area contributed by atoms with Crippen LogP contribution in [0.5, 0.6) is 17.2 Å². The molecule has 0 aliphatic rings. The van der Waals surface area contributed by atoms with Gasteiger partial charge in [0.25, 0.3) is 0 Å². The molecule has 0 fully saturated rings. The number of hydrogen-bond donors (Lipinski definition) is 2. The molecule has 1 unspecified atom stereocenters. The zero-order chi connectivity index (χ0) is 14.3. The molecule has 0 spiro atoms. The first-order valence-corrected chi connectivity index (χ1v) is 6.35. The Morgan fingerprint density at radius 3 is 2.11 bits per heavy atom. The average Bonchev–Trinajstić information content (AvgIpc) is 2.46. The summed E-state index contributed by atoms with van der Waals surface area (Å²) >= 11 is 0. The van der Waals surface area contributed by atoms with Crippen molar-refractivity contribution >= 4 is 0 Å². The highest BCUT2D eigenvalue weighted by Crippen LogP contribution is 2.33. The summed E-state index contributed by atoms with van der Waals surface area (Å²) in [5, 5.41) is 3.36. The second-order valence-electron chi connectivity index (χ2n) is 4.48. The zero-order valence-electron chi connectivity index (χ0n) is 12.2. The predicted octanol–water partition coefficient (Wildman–Crippen LogP) is 1.40. The molecule has 1 aromatic rings. The number of hydrogen-bond acceptors (Lipinski definition) is 5. The zero-order valence-corrected chi connectivity index (χ0v) is 12.2.